The van der Waals surface area contributed by atoms with Gasteiger partial charge in [0.15, 0.2) is 0 Å². The van der Waals surface area contributed by atoms with Crippen LogP contribution in [0.1, 0.15) is 0 Å². The summed E-state index contributed by atoms with van der Waals surface area (Å²) in [5, 5.41) is 0. The van der Waals surface area contributed by atoms with E-state index >= 15 is 0 Å². The van der Waals surface area contributed by atoms with E-state index < -0.39 is 20.5 Å². The van der Waals surface area contributed by atoms with Crippen LogP contribution in [0.2, 0.25) is 0 Å². The molecule has 0 amide bonds. The van der Waals surface area contributed by atoms with E-state index in [-0.39, 0.29) is 0 Å². The van der Waals surface area contributed by atoms with Crippen molar-refractivity contribution in [2.24, 2.45) is 0 Å². The first kappa shape index (κ1) is 8.24. The highest BCUT2D eigenvalue weighted by atomic mass is 35.5. The fourth-order valence-corrected chi connectivity index (χ4v) is 0.547. The van der Waals surface area contributed by atoms with E-state index in [9.17, 15) is 8.96 Å². The van der Waals surface area contributed by atoms with Crippen LogP contribution in [-0.2, 0) is 9.09 Å². The van der Waals surface area contributed by atoms with Crippen LogP contribution in [0.25, 0.3) is 0 Å². The lowest BCUT2D eigenvalue weighted by Gasteiger charge is -1.87. The largest absolute Gasteiger partial charge is 0.697 e. The minimum absolute atomic E-state index is 0.429. The van der Waals surface area contributed by atoms with Gasteiger partial charge in [-0.2, -0.15) is 0 Å². The molecular formula is C2H4ClFO3P+. The Kier molecular flexibility index (Phi) is 4.28. The Hall–Kier alpha value is 0.240. The summed E-state index contributed by atoms with van der Waals surface area (Å²) < 4.78 is 24.9. The molecule has 48 valence electrons. The summed E-state index contributed by atoms with van der Waals surface area (Å²) in [6.07, 6.45) is -1.84. The zero-order chi connectivity index (χ0) is 6.57. The van der Waals surface area contributed by atoms with Crippen molar-refractivity contribution >= 4 is 19.9 Å². The SMILES string of the molecule is O=[P+](O)OC(F)CCl. The van der Waals surface area contributed by atoms with E-state index in [1.54, 1.807) is 0 Å². The molecule has 0 aliphatic rings. The van der Waals surface area contributed by atoms with Crippen LogP contribution in [0, 0.1) is 0 Å². The summed E-state index contributed by atoms with van der Waals surface area (Å²) in [4.78, 5) is 7.84. The predicted octanol–water partition coefficient (Wildman–Crippen LogP) is 1.19. The minimum atomic E-state index is -2.86. The molecule has 3 nitrogen and oxygen atoms in total. The Morgan fingerprint density at radius 2 is 2.50 bits per heavy atom. The van der Waals surface area contributed by atoms with Crippen LogP contribution in [0.4, 0.5) is 4.39 Å². The molecule has 6 heteroatoms. The molecule has 0 fully saturated rings. The van der Waals surface area contributed by atoms with Crippen molar-refractivity contribution in [3.63, 3.8) is 0 Å². The number of hydrogen-bond donors (Lipinski definition) is 1. The maximum Gasteiger partial charge on any atom is 0.697 e. The number of halogens is 2. The lowest BCUT2D eigenvalue weighted by atomic mass is 10.8. The van der Waals surface area contributed by atoms with Gasteiger partial charge in [0, 0.05) is 4.57 Å². The first-order valence-electron chi connectivity index (χ1n) is 1.69. The first-order chi connectivity index (χ1) is 3.66. The molecule has 0 rings (SSSR count). The molecule has 0 heterocycles. The molecule has 0 aliphatic carbocycles. The van der Waals surface area contributed by atoms with E-state index in [1.165, 1.54) is 0 Å². The lowest BCUT2D eigenvalue weighted by Crippen LogP contribution is -2.01. The van der Waals surface area contributed by atoms with Gasteiger partial charge in [-0.25, -0.2) is 4.39 Å². The Bertz CT molecular complexity index is 89.4. The summed E-state index contributed by atoms with van der Waals surface area (Å²) in [6.45, 7) is 0. The number of rotatable bonds is 3. The van der Waals surface area contributed by atoms with Gasteiger partial charge in [0.2, 0.25) is 0 Å². The second kappa shape index (κ2) is 4.15. The predicted molar refractivity (Wildman–Crippen MR) is 26.5 cm³/mol. The first-order valence-corrected chi connectivity index (χ1v) is 3.36. The minimum Gasteiger partial charge on any atom is -0.209 e. The molecule has 0 bridgehead atoms. The third-order valence-corrected chi connectivity index (χ3v) is 0.978. The van der Waals surface area contributed by atoms with Gasteiger partial charge in [0.05, 0.1) is 5.88 Å². The third-order valence-electron chi connectivity index (χ3n) is 0.326. The lowest BCUT2D eigenvalue weighted by molar-refractivity contribution is 0.0850. The Balaban J connectivity index is 3.24. The fraction of sp³-hybridized carbons (Fsp3) is 1.00. The van der Waals surface area contributed by atoms with Crippen LogP contribution in [0.15, 0.2) is 0 Å². The van der Waals surface area contributed by atoms with E-state index in [0.29, 0.717) is 0 Å². The van der Waals surface area contributed by atoms with Crippen molar-refractivity contribution in [1.29, 1.82) is 0 Å². The zero-order valence-corrected chi connectivity index (χ0v) is 5.40. The molecule has 0 aromatic heterocycles. The normalized spacial score (nSPS) is 15.6. The average molecular weight is 161 g/mol. The van der Waals surface area contributed by atoms with Gasteiger partial charge in [-0.05, 0) is 0 Å². The van der Waals surface area contributed by atoms with Crippen LogP contribution in [0.5, 0.6) is 0 Å². The topological polar surface area (TPSA) is 46.5 Å². The molecule has 8 heavy (non-hydrogen) atoms. The van der Waals surface area contributed by atoms with Gasteiger partial charge in [0.25, 0.3) is 6.36 Å². The molecule has 0 saturated heterocycles. The van der Waals surface area contributed by atoms with Crippen LogP contribution in [0.3, 0.4) is 0 Å². The molecule has 0 aliphatic heterocycles. The van der Waals surface area contributed by atoms with E-state index in [2.05, 4.69) is 4.52 Å². The van der Waals surface area contributed by atoms with Gasteiger partial charge in [-0.3, -0.25) is 0 Å². The Morgan fingerprint density at radius 1 is 2.00 bits per heavy atom. The van der Waals surface area contributed by atoms with Crippen molar-refractivity contribution < 1.29 is 18.4 Å². The average Bonchev–Trinajstić information content (AvgIpc) is 1.65. The highest BCUT2D eigenvalue weighted by Crippen LogP contribution is 2.18. The van der Waals surface area contributed by atoms with Crippen molar-refractivity contribution in [2.75, 3.05) is 5.88 Å². The van der Waals surface area contributed by atoms with E-state index in [0.717, 1.165) is 0 Å². The van der Waals surface area contributed by atoms with Crippen LogP contribution >= 0.6 is 19.9 Å². The number of hydrogen-bond acceptors (Lipinski definition) is 2. The molecule has 0 saturated carbocycles. The van der Waals surface area contributed by atoms with E-state index in [4.69, 9.17) is 16.5 Å². The van der Waals surface area contributed by atoms with Gasteiger partial charge in [-0.15, -0.1) is 16.5 Å². The molecule has 2 unspecified atom stereocenters. The smallest absolute Gasteiger partial charge is 0.209 e. The monoisotopic (exact) mass is 161 g/mol. The summed E-state index contributed by atoms with van der Waals surface area (Å²) in [6, 6.07) is 0. The maximum absolute atomic E-state index is 11.7. The van der Waals surface area contributed by atoms with Gasteiger partial charge < -0.3 is 0 Å². The summed E-state index contributed by atoms with van der Waals surface area (Å²) >= 11 is 4.86. The quantitative estimate of drug-likeness (QED) is 0.500. The third kappa shape index (κ3) is 4.40. The van der Waals surface area contributed by atoms with Crippen molar-refractivity contribution in [1.82, 2.24) is 0 Å². The summed E-state index contributed by atoms with van der Waals surface area (Å²) in [5.41, 5.74) is 0. The molecule has 0 aromatic rings. The molecular weight excluding hydrogens is 157 g/mol. The standard InChI is InChI=1S/C2H3ClFO3P/c3-1-2(4)7-8(5)6/h2H,1H2/p+1. The van der Waals surface area contributed by atoms with E-state index in [1.807, 2.05) is 0 Å². The Labute approximate surface area is 51.4 Å². The second-order valence-electron chi connectivity index (χ2n) is 0.908. The zero-order valence-electron chi connectivity index (χ0n) is 3.75. The van der Waals surface area contributed by atoms with Crippen molar-refractivity contribution in [3.8, 4) is 0 Å². The Morgan fingerprint density at radius 3 is 2.62 bits per heavy atom. The highest BCUT2D eigenvalue weighted by molar-refractivity contribution is 7.32. The van der Waals surface area contributed by atoms with Gasteiger partial charge in [-0.1, -0.05) is 4.52 Å². The van der Waals surface area contributed by atoms with Crippen LogP contribution < -0.4 is 0 Å². The summed E-state index contributed by atoms with van der Waals surface area (Å²) in [7, 11) is -2.86. The van der Waals surface area contributed by atoms with Gasteiger partial charge in [0.1, 0.15) is 0 Å². The van der Waals surface area contributed by atoms with Crippen molar-refractivity contribution in [2.45, 2.75) is 6.36 Å². The second-order valence-corrected chi connectivity index (χ2v) is 1.90. The summed E-state index contributed by atoms with van der Waals surface area (Å²) in [5.74, 6) is -0.429. The molecule has 1 N–H and O–H groups in total. The number of alkyl halides is 2. The molecule has 0 radical (unpaired) electrons. The van der Waals surface area contributed by atoms with Crippen LogP contribution in [-0.4, -0.2) is 17.1 Å². The van der Waals surface area contributed by atoms with Gasteiger partial charge >= 0.3 is 8.25 Å². The molecule has 2 atom stereocenters. The fourth-order valence-electron chi connectivity index (χ4n) is 0.126. The molecule has 0 spiro atoms. The molecule has 0 aromatic carbocycles. The maximum atomic E-state index is 11.7. The van der Waals surface area contributed by atoms with Crippen molar-refractivity contribution in [3.05, 3.63) is 0 Å². The highest BCUT2D eigenvalue weighted by Gasteiger charge is 2.20.